The summed E-state index contributed by atoms with van der Waals surface area (Å²) >= 11 is 5.36. The highest BCUT2D eigenvalue weighted by molar-refractivity contribution is 6.27. The number of rotatable bonds is 5. The molecular formula is C10H14ClN3O2. The highest BCUT2D eigenvalue weighted by atomic mass is 35.5. The van der Waals surface area contributed by atoms with Crippen LogP contribution >= 0.6 is 11.6 Å². The number of alkyl halides is 1. The predicted octanol–water partition coefficient (Wildman–Crippen LogP) is 0.328. The Morgan fingerprint density at radius 2 is 2.31 bits per heavy atom. The van der Waals surface area contributed by atoms with Gasteiger partial charge in [-0.3, -0.25) is 9.59 Å². The SMILES string of the molecule is CN(CC(=O)NCc1cc[nH]c1)C(=O)CCl. The fourth-order valence-electron chi connectivity index (χ4n) is 1.13. The molecule has 0 radical (unpaired) electrons. The van der Waals surface area contributed by atoms with E-state index in [1.807, 2.05) is 6.07 Å². The highest BCUT2D eigenvalue weighted by Gasteiger charge is 2.11. The van der Waals surface area contributed by atoms with E-state index in [0.29, 0.717) is 6.54 Å². The van der Waals surface area contributed by atoms with Crippen molar-refractivity contribution in [2.45, 2.75) is 6.54 Å². The van der Waals surface area contributed by atoms with Gasteiger partial charge in [-0.1, -0.05) is 0 Å². The standard InChI is InChI=1S/C10H14ClN3O2/c1-14(10(16)4-11)7-9(15)13-6-8-2-3-12-5-8/h2-3,5,12H,4,6-7H2,1H3,(H,13,15). The number of nitrogens with zero attached hydrogens (tertiary/aromatic N) is 1. The van der Waals surface area contributed by atoms with Crippen LogP contribution in [0.25, 0.3) is 0 Å². The van der Waals surface area contributed by atoms with Crippen LogP contribution < -0.4 is 5.32 Å². The van der Waals surface area contributed by atoms with Crippen LogP contribution in [0.2, 0.25) is 0 Å². The Hall–Kier alpha value is -1.49. The van der Waals surface area contributed by atoms with E-state index in [2.05, 4.69) is 10.3 Å². The quantitative estimate of drug-likeness (QED) is 0.732. The molecule has 88 valence electrons. The van der Waals surface area contributed by atoms with Gasteiger partial charge in [0.25, 0.3) is 0 Å². The zero-order valence-electron chi connectivity index (χ0n) is 9.00. The lowest BCUT2D eigenvalue weighted by Gasteiger charge is -2.14. The van der Waals surface area contributed by atoms with Crippen molar-refractivity contribution in [1.29, 1.82) is 0 Å². The zero-order valence-corrected chi connectivity index (χ0v) is 9.75. The molecule has 0 atom stereocenters. The van der Waals surface area contributed by atoms with E-state index >= 15 is 0 Å². The van der Waals surface area contributed by atoms with Crippen molar-refractivity contribution >= 4 is 23.4 Å². The van der Waals surface area contributed by atoms with Gasteiger partial charge in [-0.15, -0.1) is 11.6 Å². The van der Waals surface area contributed by atoms with Crippen molar-refractivity contribution in [3.63, 3.8) is 0 Å². The summed E-state index contributed by atoms with van der Waals surface area (Å²) in [6.45, 7) is 0.473. The van der Waals surface area contributed by atoms with E-state index in [9.17, 15) is 9.59 Å². The monoisotopic (exact) mass is 243 g/mol. The first-order valence-electron chi connectivity index (χ1n) is 4.81. The van der Waals surface area contributed by atoms with Gasteiger partial charge < -0.3 is 15.2 Å². The molecule has 0 aromatic carbocycles. The number of amides is 2. The molecule has 0 aliphatic carbocycles. The zero-order chi connectivity index (χ0) is 12.0. The Morgan fingerprint density at radius 3 is 2.88 bits per heavy atom. The molecule has 0 saturated heterocycles. The molecule has 6 heteroatoms. The van der Waals surface area contributed by atoms with E-state index in [1.54, 1.807) is 19.4 Å². The van der Waals surface area contributed by atoms with Crippen LogP contribution in [-0.4, -0.2) is 41.2 Å². The van der Waals surface area contributed by atoms with E-state index in [4.69, 9.17) is 11.6 Å². The Labute approximate surface area is 98.8 Å². The van der Waals surface area contributed by atoms with Crippen LogP contribution in [0, 0.1) is 0 Å². The first-order chi connectivity index (χ1) is 7.63. The first kappa shape index (κ1) is 12.6. The molecular weight excluding hydrogens is 230 g/mol. The molecule has 2 amide bonds. The maximum atomic E-state index is 11.4. The summed E-state index contributed by atoms with van der Waals surface area (Å²) in [5, 5.41) is 2.70. The van der Waals surface area contributed by atoms with Crippen molar-refractivity contribution in [1.82, 2.24) is 15.2 Å². The summed E-state index contributed by atoms with van der Waals surface area (Å²) in [4.78, 5) is 26.7. The molecule has 0 bridgehead atoms. The molecule has 2 N–H and O–H groups in total. The summed E-state index contributed by atoms with van der Waals surface area (Å²) < 4.78 is 0. The number of nitrogens with one attached hydrogen (secondary N) is 2. The molecule has 1 aromatic rings. The summed E-state index contributed by atoms with van der Waals surface area (Å²) in [7, 11) is 1.54. The van der Waals surface area contributed by atoms with Crippen LogP contribution in [0.3, 0.4) is 0 Å². The maximum absolute atomic E-state index is 11.4. The van der Waals surface area contributed by atoms with Gasteiger partial charge in [0, 0.05) is 26.0 Å². The van der Waals surface area contributed by atoms with Crippen LogP contribution in [-0.2, 0) is 16.1 Å². The van der Waals surface area contributed by atoms with Gasteiger partial charge in [-0.25, -0.2) is 0 Å². The van der Waals surface area contributed by atoms with E-state index in [0.717, 1.165) is 5.56 Å². The minimum absolute atomic E-state index is 0.0238. The van der Waals surface area contributed by atoms with Gasteiger partial charge in [0.1, 0.15) is 5.88 Å². The topological polar surface area (TPSA) is 65.2 Å². The van der Waals surface area contributed by atoms with Gasteiger partial charge in [-0.05, 0) is 11.6 Å². The molecule has 1 heterocycles. The number of carbonyl (C=O) groups is 2. The number of hydrogen-bond donors (Lipinski definition) is 2. The van der Waals surface area contributed by atoms with E-state index in [-0.39, 0.29) is 24.2 Å². The second-order valence-corrected chi connectivity index (χ2v) is 3.65. The smallest absolute Gasteiger partial charge is 0.239 e. The predicted molar refractivity (Wildman–Crippen MR) is 61.0 cm³/mol. The Bertz CT molecular complexity index is 351. The van der Waals surface area contributed by atoms with Gasteiger partial charge in [-0.2, -0.15) is 0 Å². The summed E-state index contributed by atoms with van der Waals surface area (Å²) in [6, 6.07) is 1.87. The third kappa shape index (κ3) is 3.94. The first-order valence-corrected chi connectivity index (χ1v) is 5.35. The van der Waals surface area contributed by atoms with Crippen LogP contribution in [0.15, 0.2) is 18.5 Å². The molecule has 0 aliphatic heterocycles. The van der Waals surface area contributed by atoms with Crippen LogP contribution in [0.4, 0.5) is 0 Å². The number of aromatic amines is 1. The maximum Gasteiger partial charge on any atom is 0.239 e. The lowest BCUT2D eigenvalue weighted by atomic mass is 10.3. The van der Waals surface area contributed by atoms with Crippen molar-refractivity contribution in [3.05, 3.63) is 24.0 Å². The average Bonchev–Trinajstić information content (AvgIpc) is 2.78. The molecule has 1 rings (SSSR count). The molecule has 1 aromatic heterocycles. The van der Waals surface area contributed by atoms with Crippen LogP contribution in [0.1, 0.15) is 5.56 Å². The molecule has 0 unspecified atom stereocenters. The Balaban J connectivity index is 2.28. The van der Waals surface area contributed by atoms with Crippen molar-refractivity contribution in [3.8, 4) is 0 Å². The fourth-order valence-corrected chi connectivity index (χ4v) is 1.33. The van der Waals surface area contributed by atoms with E-state index < -0.39 is 0 Å². The van der Waals surface area contributed by atoms with Gasteiger partial charge in [0.2, 0.25) is 11.8 Å². The van der Waals surface area contributed by atoms with Crippen LogP contribution in [0.5, 0.6) is 0 Å². The number of hydrogen-bond acceptors (Lipinski definition) is 2. The van der Waals surface area contributed by atoms with Gasteiger partial charge >= 0.3 is 0 Å². The summed E-state index contributed by atoms with van der Waals surface area (Å²) in [5.41, 5.74) is 0.986. The summed E-state index contributed by atoms with van der Waals surface area (Å²) in [6.07, 6.45) is 3.58. The minimum atomic E-state index is -0.265. The average molecular weight is 244 g/mol. The highest BCUT2D eigenvalue weighted by Crippen LogP contribution is 1.95. The van der Waals surface area contributed by atoms with Crippen molar-refractivity contribution < 1.29 is 9.59 Å². The number of carbonyl (C=O) groups excluding carboxylic acids is 2. The lowest BCUT2D eigenvalue weighted by Crippen LogP contribution is -2.38. The number of H-pyrrole nitrogens is 1. The number of aromatic nitrogens is 1. The molecule has 16 heavy (non-hydrogen) atoms. The third-order valence-corrected chi connectivity index (χ3v) is 2.30. The second kappa shape index (κ2) is 6.17. The van der Waals surface area contributed by atoms with Gasteiger partial charge in [0.15, 0.2) is 0 Å². The normalized spacial score (nSPS) is 9.88. The third-order valence-electron chi connectivity index (χ3n) is 2.07. The number of halogens is 1. The molecule has 5 nitrogen and oxygen atoms in total. The fraction of sp³-hybridized carbons (Fsp3) is 0.400. The van der Waals surface area contributed by atoms with Crippen molar-refractivity contribution in [2.24, 2.45) is 0 Å². The van der Waals surface area contributed by atoms with Crippen molar-refractivity contribution in [2.75, 3.05) is 19.5 Å². The van der Waals surface area contributed by atoms with E-state index in [1.165, 1.54) is 4.90 Å². The minimum Gasteiger partial charge on any atom is -0.367 e. The molecule has 0 spiro atoms. The number of likely N-dealkylation sites (N-methyl/N-ethyl adjacent to an activating group) is 1. The lowest BCUT2D eigenvalue weighted by molar-refractivity contribution is -0.132. The molecule has 0 fully saturated rings. The largest absolute Gasteiger partial charge is 0.367 e. The van der Waals surface area contributed by atoms with Gasteiger partial charge in [0.05, 0.1) is 6.54 Å². The Morgan fingerprint density at radius 1 is 1.56 bits per heavy atom. The molecule has 0 aliphatic rings. The summed E-state index contributed by atoms with van der Waals surface area (Å²) in [5.74, 6) is -0.581. The second-order valence-electron chi connectivity index (χ2n) is 3.38. The molecule has 0 saturated carbocycles. The Kier molecular flexibility index (Phi) is 4.85.